The summed E-state index contributed by atoms with van der Waals surface area (Å²) < 4.78 is 0. The summed E-state index contributed by atoms with van der Waals surface area (Å²) >= 11 is 0. The highest BCUT2D eigenvalue weighted by atomic mass is 16.2. The molecule has 8 heteroatoms. The summed E-state index contributed by atoms with van der Waals surface area (Å²) in [5.41, 5.74) is 7.77. The monoisotopic (exact) mass is 444 g/mol. The first-order valence-corrected chi connectivity index (χ1v) is 10.3. The molecular formula is C25H24N4O4. The summed E-state index contributed by atoms with van der Waals surface area (Å²) in [5, 5.41) is 8.16. The minimum absolute atomic E-state index is 0.0150. The van der Waals surface area contributed by atoms with Gasteiger partial charge in [0.1, 0.15) is 0 Å². The Balaban J connectivity index is 1.75. The third kappa shape index (κ3) is 6.27. The van der Waals surface area contributed by atoms with Crippen molar-refractivity contribution in [2.45, 2.75) is 13.3 Å². The van der Waals surface area contributed by atoms with Gasteiger partial charge in [0.05, 0.1) is 11.3 Å². The molecule has 3 aromatic carbocycles. The van der Waals surface area contributed by atoms with E-state index >= 15 is 0 Å². The van der Waals surface area contributed by atoms with E-state index in [1.807, 2.05) is 13.0 Å². The van der Waals surface area contributed by atoms with Gasteiger partial charge in [0.25, 0.3) is 17.7 Å². The lowest BCUT2D eigenvalue weighted by atomic mass is 10.1. The predicted molar refractivity (Wildman–Crippen MR) is 126 cm³/mol. The molecule has 3 rings (SSSR count). The van der Waals surface area contributed by atoms with Crippen molar-refractivity contribution in [3.8, 4) is 0 Å². The number of anilines is 2. The Labute approximate surface area is 191 Å². The molecule has 168 valence electrons. The topological polar surface area (TPSA) is 130 Å². The Morgan fingerprint density at radius 3 is 2.09 bits per heavy atom. The minimum Gasteiger partial charge on any atom is -0.370 e. The highest BCUT2D eigenvalue weighted by Gasteiger charge is 2.16. The fourth-order valence-corrected chi connectivity index (χ4v) is 3.06. The molecule has 0 aliphatic carbocycles. The number of amides is 4. The summed E-state index contributed by atoms with van der Waals surface area (Å²) in [4.78, 5) is 48.7. The Morgan fingerprint density at radius 1 is 0.727 bits per heavy atom. The SMILES string of the molecule is Cc1ccc(C(=O)Nc2ccccc2C(=O)NCCC(N)=O)cc1NC(=O)c1ccccc1. The third-order valence-corrected chi connectivity index (χ3v) is 4.86. The summed E-state index contributed by atoms with van der Waals surface area (Å²) in [6, 6.07) is 20.3. The Bertz CT molecular complexity index is 1190. The summed E-state index contributed by atoms with van der Waals surface area (Å²) in [6.07, 6.45) is 0.0150. The Hall–Kier alpha value is -4.46. The number of hydrogen-bond acceptors (Lipinski definition) is 4. The first-order valence-electron chi connectivity index (χ1n) is 10.3. The summed E-state index contributed by atoms with van der Waals surface area (Å²) in [7, 11) is 0. The van der Waals surface area contributed by atoms with Gasteiger partial charge < -0.3 is 21.7 Å². The lowest BCUT2D eigenvalue weighted by Crippen LogP contribution is -2.28. The van der Waals surface area contributed by atoms with E-state index in [4.69, 9.17) is 5.73 Å². The third-order valence-electron chi connectivity index (χ3n) is 4.86. The first-order chi connectivity index (χ1) is 15.8. The molecule has 33 heavy (non-hydrogen) atoms. The number of aryl methyl sites for hydroxylation is 1. The molecule has 0 unspecified atom stereocenters. The van der Waals surface area contributed by atoms with Crippen LogP contribution in [0.4, 0.5) is 11.4 Å². The molecular weight excluding hydrogens is 420 g/mol. The maximum atomic E-state index is 12.9. The molecule has 0 saturated carbocycles. The number of hydrogen-bond donors (Lipinski definition) is 4. The van der Waals surface area contributed by atoms with Crippen LogP contribution in [0.25, 0.3) is 0 Å². The van der Waals surface area contributed by atoms with Crippen LogP contribution in [0.2, 0.25) is 0 Å². The number of rotatable bonds is 8. The number of primary amides is 1. The van der Waals surface area contributed by atoms with Crippen LogP contribution >= 0.6 is 0 Å². The average Bonchev–Trinajstić information content (AvgIpc) is 2.81. The maximum absolute atomic E-state index is 12.9. The number of nitrogens with two attached hydrogens (primary N) is 1. The number of carbonyl (C=O) groups excluding carboxylic acids is 4. The van der Waals surface area contributed by atoms with Gasteiger partial charge in [0.2, 0.25) is 5.91 Å². The van der Waals surface area contributed by atoms with Crippen LogP contribution in [0.5, 0.6) is 0 Å². The van der Waals surface area contributed by atoms with Crippen molar-refractivity contribution in [3.63, 3.8) is 0 Å². The van der Waals surface area contributed by atoms with Crippen LogP contribution in [0, 0.1) is 6.92 Å². The van der Waals surface area contributed by atoms with Crippen LogP contribution in [0.1, 0.15) is 43.1 Å². The van der Waals surface area contributed by atoms with Gasteiger partial charge in [-0.3, -0.25) is 19.2 Å². The van der Waals surface area contributed by atoms with E-state index in [-0.39, 0.29) is 24.4 Å². The van der Waals surface area contributed by atoms with Gasteiger partial charge in [-0.05, 0) is 48.9 Å². The van der Waals surface area contributed by atoms with Crippen molar-refractivity contribution in [1.82, 2.24) is 5.32 Å². The van der Waals surface area contributed by atoms with E-state index in [9.17, 15) is 19.2 Å². The fraction of sp³-hybridized carbons (Fsp3) is 0.120. The lowest BCUT2D eigenvalue weighted by molar-refractivity contribution is -0.117. The number of para-hydroxylation sites is 1. The molecule has 5 N–H and O–H groups in total. The van der Waals surface area contributed by atoms with Gasteiger partial charge in [-0.1, -0.05) is 36.4 Å². The molecule has 0 fully saturated rings. The highest BCUT2D eigenvalue weighted by Crippen LogP contribution is 2.21. The molecule has 0 heterocycles. The minimum atomic E-state index is -0.522. The zero-order valence-corrected chi connectivity index (χ0v) is 18.1. The fourth-order valence-electron chi connectivity index (χ4n) is 3.06. The molecule has 0 aliphatic heterocycles. The van der Waals surface area contributed by atoms with E-state index in [2.05, 4.69) is 16.0 Å². The molecule has 0 atom stereocenters. The summed E-state index contributed by atoms with van der Waals surface area (Å²) in [5.74, 6) is -1.69. The van der Waals surface area contributed by atoms with E-state index in [1.165, 1.54) is 0 Å². The zero-order valence-electron chi connectivity index (χ0n) is 18.1. The number of benzene rings is 3. The predicted octanol–water partition coefficient (Wildman–Crippen LogP) is 3.10. The van der Waals surface area contributed by atoms with Crippen molar-refractivity contribution < 1.29 is 19.2 Å². The Morgan fingerprint density at radius 2 is 1.36 bits per heavy atom. The standard InChI is InChI=1S/C25H24N4O4/c1-16-11-12-18(15-21(16)29-23(31)17-7-3-2-4-8-17)24(32)28-20-10-6-5-9-19(20)25(33)27-14-13-22(26)30/h2-12,15H,13-14H2,1H3,(H2,26,30)(H,27,33)(H,28,32)(H,29,31). The average molecular weight is 444 g/mol. The van der Waals surface area contributed by atoms with Crippen LogP contribution in [-0.2, 0) is 4.79 Å². The molecule has 0 aromatic heterocycles. The zero-order chi connectivity index (χ0) is 23.8. The molecule has 8 nitrogen and oxygen atoms in total. The quantitative estimate of drug-likeness (QED) is 0.425. The van der Waals surface area contributed by atoms with Gasteiger partial charge in [-0.15, -0.1) is 0 Å². The Kier molecular flexibility index (Phi) is 7.54. The molecule has 0 bridgehead atoms. The smallest absolute Gasteiger partial charge is 0.255 e. The largest absolute Gasteiger partial charge is 0.370 e. The second-order valence-corrected chi connectivity index (χ2v) is 7.32. The van der Waals surface area contributed by atoms with Crippen LogP contribution < -0.4 is 21.7 Å². The van der Waals surface area contributed by atoms with Crippen molar-refractivity contribution in [1.29, 1.82) is 0 Å². The lowest BCUT2D eigenvalue weighted by Gasteiger charge is -2.13. The molecule has 0 radical (unpaired) electrons. The molecule has 4 amide bonds. The van der Waals surface area contributed by atoms with Crippen molar-refractivity contribution in [3.05, 3.63) is 95.1 Å². The number of carbonyl (C=O) groups is 4. The molecule has 0 aliphatic rings. The van der Waals surface area contributed by atoms with Crippen LogP contribution in [0.3, 0.4) is 0 Å². The van der Waals surface area contributed by atoms with Gasteiger partial charge in [-0.25, -0.2) is 0 Å². The summed E-state index contributed by atoms with van der Waals surface area (Å²) in [6.45, 7) is 1.92. The van der Waals surface area contributed by atoms with E-state index < -0.39 is 17.7 Å². The maximum Gasteiger partial charge on any atom is 0.255 e. The van der Waals surface area contributed by atoms with E-state index in [1.54, 1.807) is 66.7 Å². The van der Waals surface area contributed by atoms with Crippen molar-refractivity contribution >= 4 is 35.0 Å². The molecule has 0 spiro atoms. The van der Waals surface area contributed by atoms with Gasteiger partial charge in [-0.2, -0.15) is 0 Å². The van der Waals surface area contributed by atoms with Crippen molar-refractivity contribution in [2.75, 3.05) is 17.2 Å². The molecule has 3 aromatic rings. The second kappa shape index (κ2) is 10.7. The van der Waals surface area contributed by atoms with Crippen LogP contribution in [-0.4, -0.2) is 30.2 Å². The van der Waals surface area contributed by atoms with E-state index in [0.717, 1.165) is 5.56 Å². The van der Waals surface area contributed by atoms with Gasteiger partial charge in [0.15, 0.2) is 0 Å². The van der Waals surface area contributed by atoms with Gasteiger partial charge >= 0.3 is 0 Å². The van der Waals surface area contributed by atoms with Crippen LogP contribution in [0.15, 0.2) is 72.8 Å². The second-order valence-electron chi connectivity index (χ2n) is 7.32. The normalized spacial score (nSPS) is 10.2. The van der Waals surface area contributed by atoms with Crippen molar-refractivity contribution in [2.24, 2.45) is 5.73 Å². The first kappa shape index (κ1) is 23.2. The van der Waals surface area contributed by atoms with E-state index in [0.29, 0.717) is 22.5 Å². The number of nitrogens with one attached hydrogen (secondary N) is 3. The molecule has 0 saturated heterocycles. The van der Waals surface area contributed by atoms with Gasteiger partial charge in [0, 0.05) is 29.8 Å². The highest BCUT2D eigenvalue weighted by molar-refractivity contribution is 6.10.